The zero-order valence-electron chi connectivity index (χ0n) is 14.0. The second-order valence-corrected chi connectivity index (χ2v) is 5.95. The number of methoxy groups -OCH3 is 1. The van der Waals surface area contributed by atoms with Gasteiger partial charge >= 0.3 is 5.97 Å². The number of benzene rings is 1. The van der Waals surface area contributed by atoms with Gasteiger partial charge in [0.2, 0.25) is 0 Å². The Labute approximate surface area is 142 Å². The van der Waals surface area contributed by atoms with Crippen LogP contribution in [0.2, 0.25) is 0 Å². The zero-order chi connectivity index (χ0) is 17.6. The minimum Gasteiger partial charge on any atom is -0.468 e. The summed E-state index contributed by atoms with van der Waals surface area (Å²) in [5, 5.41) is 0. The Morgan fingerprint density at radius 2 is 2.12 bits per heavy atom. The van der Waals surface area contributed by atoms with Crippen LogP contribution in [0.5, 0.6) is 0 Å². The van der Waals surface area contributed by atoms with Crippen molar-refractivity contribution in [1.29, 1.82) is 0 Å². The summed E-state index contributed by atoms with van der Waals surface area (Å²) in [5.74, 6) is 1.22. The molecule has 2 rings (SSSR count). The van der Waals surface area contributed by atoms with Gasteiger partial charge in [-0.15, -0.1) is 12.3 Å². The van der Waals surface area contributed by atoms with Gasteiger partial charge in [0, 0.05) is 12.3 Å². The van der Waals surface area contributed by atoms with Crippen molar-refractivity contribution in [3.8, 4) is 12.3 Å². The summed E-state index contributed by atoms with van der Waals surface area (Å²) in [7, 11) is 1.28. The van der Waals surface area contributed by atoms with E-state index in [0.717, 1.165) is 5.56 Å². The molecule has 0 radical (unpaired) electrons. The predicted molar refractivity (Wildman–Crippen MR) is 90.8 cm³/mol. The van der Waals surface area contributed by atoms with Gasteiger partial charge in [-0.1, -0.05) is 36.4 Å². The lowest BCUT2D eigenvalue weighted by molar-refractivity contribution is -0.165. The van der Waals surface area contributed by atoms with Crippen LogP contribution in [-0.2, 0) is 25.7 Å². The Hall–Kier alpha value is -2.38. The molecule has 24 heavy (non-hydrogen) atoms. The normalized spacial score (nSPS) is 24.2. The first-order valence-electron chi connectivity index (χ1n) is 7.94. The number of ether oxygens (including phenoxy) is 2. The third-order valence-electron chi connectivity index (χ3n) is 4.58. The molecular formula is C20H22O4. The molecule has 0 fully saturated rings. The minimum absolute atomic E-state index is 0.00650. The van der Waals surface area contributed by atoms with Crippen LogP contribution < -0.4 is 0 Å². The smallest absolute Gasteiger partial charge is 0.321 e. The van der Waals surface area contributed by atoms with Gasteiger partial charge in [-0.2, -0.15) is 0 Å². The lowest BCUT2D eigenvalue weighted by Gasteiger charge is -2.39. The second kappa shape index (κ2) is 7.94. The van der Waals surface area contributed by atoms with Gasteiger partial charge in [0.25, 0.3) is 0 Å². The molecule has 1 aromatic carbocycles. The Kier molecular flexibility index (Phi) is 5.94. The summed E-state index contributed by atoms with van der Waals surface area (Å²) in [6, 6.07) is 9.74. The standard InChI is InChI=1S/C20H22O4/c1-4-13-20(19(22)23-3)17(11-8-12-18(20)21)15(2)24-14-16-9-6-5-7-10-16/h1,5-10,12,15,17H,11,13-14H2,2-3H3/t15-,17+,20-/m1/s1. The fourth-order valence-corrected chi connectivity index (χ4v) is 3.25. The third kappa shape index (κ3) is 3.42. The molecule has 0 bridgehead atoms. The van der Waals surface area contributed by atoms with Crippen LogP contribution >= 0.6 is 0 Å². The van der Waals surface area contributed by atoms with Crippen molar-refractivity contribution in [2.45, 2.75) is 32.5 Å². The Bertz CT molecular complexity index is 656. The van der Waals surface area contributed by atoms with Crippen molar-refractivity contribution < 1.29 is 19.1 Å². The summed E-state index contributed by atoms with van der Waals surface area (Å²) >= 11 is 0. The molecule has 0 unspecified atom stereocenters. The van der Waals surface area contributed by atoms with Crippen molar-refractivity contribution in [2.24, 2.45) is 11.3 Å². The van der Waals surface area contributed by atoms with E-state index < -0.39 is 11.4 Å². The monoisotopic (exact) mass is 326 g/mol. The molecule has 1 aliphatic carbocycles. The summed E-state index contributed by atoms with van der Waals surface area (Å²) in [6.45, 7) is 2.28. The molecule has 0 aliphatic heterocycles. The van der Waals surface area contributed by atoms with Crippen LogP contribution in [0.15, 0.2) is 42.5 Å². The van der Waals surface area contributed by atoms with E-state index in [-0.39, 0.29) is 24.2 Å². The van der Waals surface area contributed by atoms with E-state index in [4.69, 9.17) is 15.9 Å². The largest absolute Gasteiger partial charge is 0.468 e. The van der Waals surface area contributed by atoms with Crippen LogP contribution in [0.3, 0.4) is 0 Å². The summed E-state index contributed by atoms with van der Waals surface area (Å²) in [5.41, 5.74) is -0.336. The number of rotatable bonds is 6. The van der Waals surface area contributed by atoms with Gasteiger partial charge in [-0.05, 0) is 25.0 Å². The number of carbonyl (C=O) groups is 2. The van der Waals surface area contributed by atoms with E-state index in [9.17, 15) is 9.59 Å². The number of allylic oxidation sites excluding steroid dienone is 2. The Morgan fingerprint density at radius 3 is 2.75 bits per heavy atom. The maximum absolute atomic E-state index is 12.6. The minimum atomic E-state index is -1.37. The first kappa shape index (κ1) is 18.0. The number of esters is 1. The number of terminal acetylenes is 1. The first-order chi connectivity index (χ1) is 11.6. The summed E-state index contributed by atoms with van der Waals surface area (Å²) in [6.07, 6.45) is 8.87. The van der Waals surface area contributed by atoms with E-state index in [1.165, 1.54) is 13.2 Å². The lowest BCUT2D eigenvalue weighted by Crippen LogP contribution is -2.51. The third-order valence-corrected chi connectivity index (χ3v) is 4.58. The lowest BCUT2D eigenvalue weighted by atomic mass is 9.64. The van der Waals surface area contributed by atoms with Gasteiger partial charge in [-0.25, -0.2) is 0 Å². The Balaban J connectivity index is 2.24. The molecule has 0 amide bonds. The topological polar surface area (TPSA) is 52.6 Å². The fraction of sp³-hybridized carbons (Fsp3) is 0.400. The molecule has 0 aromatic heterocycles. The number of hydrogen-bond acceptors (Lipinski definition) is 4. The maximum atomic E-state index is 12.6. The molecule has 126 valence electrons. The highest BCUT2D eigenvalue weighted by Gasteiger charge is 2.54. The molecule has 0 saturated heterocycles. The van der Waals surface area contributed by atoms with E-state index in [1.54, 1.807) is 6.08 Å². The molecule has 0 saturated carbocycles. The molecule has 1 aliphatic rings. The fourth-order valence-electron chi connectivity index (χ4n) is 3.25. The zero-order valence-corrected chi connectivity index (χ0v) is 14.0. The second-order valence-electron chi connectivity index (χ2n) is 5.95. The first-order valence-corrected chi connectivity index (χ1v) is 7.94. The molecule has 1 aromatic rings. The van der Waals surface area contributed by atoms with E-state index in [2.05, 4.69) is 5.92 Å². The van der Waals surface area contributed by atoms with Crippen LogP contribution in [0.4, 0.5) is 0 Å². The van der Waals surface area contributed by atoms with Crippen LogP contribution in [-0.4, -0.2) is 25.0 Å². The van der Waals surface area contributed by atoms with E-state index in [0.29, 0.717) is 13.0 Å². The van der Waals surface area contributed by atoms with Gasteiger partial charge in [0.1, 0.15) is 5.41 Å². The van der Waals surface area contributed by atoms with Gasteiger partial charge in [0.15, 0.2) is 5.78 Å². The van der Waals surface area contributed by atoms with Crippen LogP contribution in [0, 0.1) is 23.7 Å². The highest BCUT2D eigenvalue weighted by atomic mass is 16.5. The molecular weight excluding hydrogens is 304 g/mol. The molecule has 4 heteroatoms. The average Bonchev–Trinajstić information content (AvgIpc) is 2.61. The molecule has 0 spiro atoms. The van der Waals surface area contributed by atoms with Crippen LogP contribution in [0.25, 0.3) is 0 Å². The van der Waals surface area contributed by atoms with Gasteiger partial charge < -0.3 is 9.47 Å². The number of carbonyl (C=O) groups excluding carboxylic acids is 2. The predicted octanol–water partition coefficient (Wildman–Crippen LogP) is 2.92. The van der Waals surface area contributed by atoms with Gasteiger partial charge in [-0.3, -0.25) is 9.59 Å². The van der Waals surface area contributed by atoms with Crippen molar-refractivity contribution in [3.63, 3.8) is 0 Å². The SMILES string of the molecule is C#CC[C@]1(C(=O)OC)C(=O)C=CC[C@H]1[C@@H](C)OCc1ccccc1. The van der Waals surface area contributed by atoms with E-state index >= 15 is 0 Å². The van der Waals surface area contributed by atoms with E-state index in [1.807, 2.05) is 37.3 Å². The average molecular weight is 326 g/mol. The maximum Gasteiger partial charge on any atom is 0.321 e. The van der Waals surface area contributed by atoms with Crippen molar-refractivity contribution in [2.75, 3.05) is 7.11 Å². The Morgan fingerprint density at radius 1 is 1.42 bits per heavy atom. The van der Waals surface area contributed by atoms with Crippen LogP contribution in [0.1, 0.15) is 25.3 Å². The molecule has 3 atom stereocenters. The molecule has 4 nitrogen and oxygen atoms in total. The quantitative estimate of drug-likeness (QED) is 0.458. The van der Waals surface area contributed by atoms with Gasteiger partial charge in [0.05, 0.1) is 19.8 Å². The van der Waals surface area contributed by atoms with Crippen molar-refractivity contribution in [3.05, 3.63) is 48.0 Å². The molecule has 0 N–H and O–H groups in total. The van der Waals surface area contributed by atoms with Crippen molar-refractivity contribution >= 4 is 11.8 Å². The highest BCUT2D eigenvalue weighted by Crippen LogP contribution is 2.42. The summed E-state index contributed by atoms with van der Waals surface area (Å²) in [4.78, 5) is 25.0. The highest BCUT2D eigenvalue weighted by molar-refractivity contribution is 6.10. The number of ketones is 1. The van der Waals surface area contributed by atoms with Crippen molar-refractivity contribution in [1.82, 2.24) is 0 Å². The molecule has 0 heterocycles. The number of hydrogen-bond donors (Lipinski definition) is 0. The summed E-state index contributed by atoms with van der Waals surface area (Å²) < 4.78 is 10.9.